The van der Waals surface area contributed by atoms with Crippen LogP contribution in [0.15, 0.2) is 57.5 Å². The first-order valence-corrected chi connectivity index (χ1v) is 8.90. The molecule has 0 bridgehead atoms. The third-order valence-electron chi connectivity index (χ3n) is 3.67. The van der Waals surface area contributed by atoms with Gasteiger partial charge in [-0.25, -0.2) is 0 Å². The molecule has 6 nitrogen and oxygen atoms in total. The van der Waals surface area contributed by atoms with Gasteiger partial charge in [-0.2, -0.15) is 4.98 Å². The van der Waals surface area contributed by atoms with Crippen molar-refractivity contribution in [3.8, 4) is 17.1 Å². The Kier molecular flexibility index (Phi) is 5.68. The minimum absolute atomic E-state index is 0.140. The molecule has 0 fully saturated rings. The van der Waals surface area contributed by atoms with E-state index in [0.29, 0.717) is 17.5 Å². The highest BCUT2D eigenvalue weighted by molar-refractivity contribution is 9.10. The van der Waals surface area contributed by atoms with Gasteiger partial charge in [0.05, 0.1) is 6.54 Å². The van der Waals surface area contributed by atoms with Crippen LogP contribution in [-0.2, 0) is 11.3 Å². The van der Waals surface area contributed by atoms with Crippen LogP contribution in [0.3, 0.4) is 0 Å². The molecule has 134 valence electrons. The molecule has 7 heteroatoms. The van der Waals surface area contributed by atoms with Gasteiger partial charge in [-0.15, -0.1) is 0 Å². The molecule has 0 saturated carbocycles. The van der Waals surface area contributed by atoms with Crippen molar-refractivity contribution in [1.29, 1.82) is 0 Å². The number of nitrogens with zero attached hydrogens (tertiary/aromatic N) is 2. The molecule has 0 aliphatic rings. The quantitative estimate of drug-likeness (QED) is 0.660. The van der Waals surface area contributed by atoms with Crippen LogP contribution in [0.4, 0.5) is 0 Å². The SMILES string of the molecule is Cc1ccc(OC(C)C(=O)NCc2nc(-c3cccc(Br)c3)no2)cc1. The van der Waals surface area contributed by atoms with Gasteiger partial charge in [0.1, 0.15) is 5.75 Å². The Morgan fingerprint density at radius 1 is 1.27 bits per heavy atom. The van der Waals surface area contributed by atoms with E-state index < -0.39 is 6.10 Å². The van der Waals surface area contributed by atoms with Crippen molar-refractivity contribution in [2.24, 2.45) is 0 Å². The summed E-state index contributed by atoms with van der Waals surface area (Å²) >= 11 is 3.41. The number of amides is 1. The largest absolute Gasteiger partial charge is 0.481 e. The van der Waals surface area contributed by atoms with Gasteiger partial charge in [-0.3, -0.25) is 4.79 Å². The van der Waals surface area contributed by atoms with Gasteiger partial charge in [-0.05, 0) is 38.1 Å². The first-order chi connectivity index (χ1) is 12.5. The van der Waals surface area contributed by atoms with Crippen LogP contribution in [-0.4, -0.2) is 22.2 Å². The summed E-state index contributed by atoms with van der Waals surface area (Å²) in [6.45, 7) is 3.82. The third kappa shape index (κ3) is 4.70. The lowest BCUT2D eigenvalue weighted by Gasteiger charge is -2.14. The van der Waals surface area contributed by atoms with Crippen molar-refractivity contribution >= 4 is 21.8 Å². The summed E-state index contributed by atoms with van der Waals surface area (Å²) in [5, 5.41) is 6.67. The van der Waals surface area contributed by atoms with Crippen molar-refractivity contribution in [3.05, 3.63) is 64.5 Å². The normalized spacial score (nSPS) is 11.8. The Bertz CT molecular complexity index is 893. The molecule has 1 heterocycles. The fraction of sp³-hybridized carbons (Fsp3) is 0.211. The lowest BCUT2D eigenvalue weighted by atomic mass is 10.2. The van der Waals surface area contributed by atoms with Crippen LogP contribution in [0.5, 0.6) is 5.75 Å². The van der Waals surface area contributed by atoms with Gasteiger partial charge in [-0.1, -0.05) is 50.9 Å². The number of halogens is 1. The molecule has 2 aromatic carbocycles. The summed E-state index contributed by atoms with van der Waals surface area (Å²) in [6.07, 6.45) is -0.634. The van der Waals surface area contributed by atoms with Gasteiger partial charge >= 0.3 is 0 Å². The number of nitrogens with one attached hydrogen (secondary N) is 1. The molecule has 0 aliphatic carbocycles. The second kappa shape index (κ2) is 8.14. The molecule has 1 atom stereocenters. The summed E-state index contributed by atoms with van der Waals surface area (Å²) in [5.74, 6) is 1.19. The minimum Gasteiger partial charge on any atom is -0.481 e. The summed E-state index contributed by atoms with van der Waals surface area (Å²) in [7, 11) is 0. The lowest BCUT2D eigenvalue weighted by molar-refractivity contribution is -0.127. The molecule has 3 aromatic rings. The molecule has 1 amide bonds. The van der Waals surface area contributed by atoms with E-state index in [0.717, 1.165) is 15.6 Å². The molecule has 1 N–H and O–H groups in total. The zero-order valence-corrected chi connectivity index (χ0v) is 16.0. The molecule has 1 unspecified atom stereocenters. The molecular formula is C19H18BrN3O3. The molecular weight excluding hydrogens is 398 g/mol. The van der Waals surface area contributed by atoms with Gasteiger partial charge < -0.3 is 14.6 Å². The van der Waals surface area contributed by atoms with E-state index >= 15 is 0 Å². The number of ether oxygens (including phenoxy) is 1. The topological polar surface area (TPSA) is 77.2 Å². The number of hydrogen-bond acceptors (Lipinski definition) is 5. The maximum absolute atomic E-state index is 12.2. The highest BCUT2D eigenvalue weighted by atomic mass is 79.9. The number of rotatable bonds is 6. The van der Waals surface area contributed by atoms with Crippen LogP contribution >= 0.6 is 15.9 Å². The molecule has 3 rings (SSSR count). The maximum atomic E-state index is 12.2. The molecule has 26 heavy (non-hydrogen) atoms. The molecule has 1 aromatic heterocycles. The summed E-state index contributed by atoms with van der Waals surface area (Å²) in [5.41, 5.74) is 1.96. The lowest BCUT2D eigenvalue weighted by Crippen LogP contribution is -2.35. The summed E-state index contributed by atoms with van der Waals surface area (Å²) in [4.78, 5) is 16.5. The molecule has 0 saturated heterocycles. The Labute approximate surface area is 159 Å². The smallest absolute Gasteiger partial charge is 0.261 e. The number of hydrogen-bond donors (Lipinski definition) is 1. The van der Waals surface area contributed by atoms with Crippen molar-refractivity contribution in [2.75, 3.05) is 0 Å². The predicted octanol–water partition coefficient (Wildman–Crippen LogP) is 3.89. The van der Waals surface area contributed by atoms with E-state index in [9.17, 15) is 4.79 Å². The number of aryl methyl sites for hydroxylation is 1. The fourth-order valence-electron chi connectivity index (χ4n) is 2.25. The second-order valence-corrected chi connectivity index (χ2v) is 6.73. The fourth-order valence-corrected chi connectivity index (χ4v) is 2.65. The molecule has 0 spiro atoms. The van der Waals surface area contributed by atoms with Crippen molar-refractivity contribution < 1.29 is 14.1 Å². The third-order valence-corrected chi connectivity index (χ3v) is 4.16. The number of benzene rings is 2. The van der Waals surface area contributed by atoms with E-state index in [2.05, 4.69) is 31.4 Å². The molecule has 0 radical (unpaired) electrons. The standard InChI is InChI=1S/C19H18BrN3O3/c1-12-6-8-16(9-7-12)25-13(2)19(24)21-11-17-22-18(23-26-17)14-4-3-5-15(20)10-14/h3-10,13H,11H2,1-2H3,(H,21,24). The monoisotopic (exact) mass is 415 g/mol. The van der Waals surface area contributed by atoms with Gasteiger partial charge in [0.2, 0.25) is 11.7 Å². The number of aromatic nitrogens is 2. The van der Waals surface area contributed by atoms with Crippen LogP contribution in [0.25, 0.3) is 11.4 Å². The van der Waals surface area contributed by atoms with Gasteiger partial charge in [0.15, 0.2) is 6.10 Å². The van der Waals surface area contributed by atoms with Crippen molar-refractivity contribution in [3.63, 3.8) is 0 Å². The Hall–Kier alpha value is -2.67. The van der Waals surface area contributed by atoms with E-state index in [4.69, 9.17) is 9.26 Å². The van der Waals surface area contributed by atoms with E-state index in [1.165, 1.54) is 0 Å². The zero-order valence-electron chi connectivity index (χ0n) is 14.4. The van der Waals surface area contributed by atoms with Gasteiger partial charge in [0, 0.05) is 10.0 Å². The summed E-state index contributed by atoms with van der Waals surface area (Å²) < 4.78 is 11.7. The van der Waals surface area contributed by atoms with Gasteiger partial charge in [0.25, 0.3) is 5.91 Å². The van der Waals surface area contributed by atoms with E-state index in [-0.39, 0.29) is 12.5 Å². The molecule has 0 aliphatic heterocycles. The van der Waals surface area contributed by atoms with Crippen molar-refractivity contribution in [1.82, 2.24) is 15.5 Å². The maximum Gasteiger partial charge on any atom is 0.261 e. The Balaban J connectivity index is 1.55. The van der Waals surface area contributed by atoms with Crippen LogP contribution < -0.4 is 10.1 Å². The summed E-state index contributed by atoms with van der Waals surface area (Å²) in [6, 6.07) is 15.1. The number of carbonyl (C=O) groups is 1. The Morgan fingerprint density at radius 3 is 2.77 bits per heavy atom. The zero-order chi connectivity index (χ0) is 18.5. The van der Waals surface area contributed by atoms with E-state index in [1.807, 2.05) is 55.5 Å². The first kappa shape index (κ1) is 18.1. The van der Waals surface area contributed by atoms with Crippen LogP contribution in [0.2, 0.25) is 0 Å². The first-order valence-electron chi connectivity index (χ1n) is 8.11. The van der Waals surface area contributed by atoms with E-state index in [1.54, 1.807) is 6.92 Å². The number of carbonyl (C=O) groups excluding carboxylic acids is 1. The predicted molar refractivity (Wildman–Crippen MR) is 101 cm³/mol. The van der Waals surface area contributed by atoms with Crippen LogP contribution in [0.1, 0.15) is 18.4 Å². The van der Waals surface area contributed by atoms with Crippen molar-refractivity contribution in [2.45, 2.75) is 26.5 Å². The Morgan fingerprint density at radius 2 is 2.04 bits per heavy atom. The average molecular weight is 416 g/mol. The average Bonchev–Trinajstić information content (AvgIpc) is 3.10. The highest BCUT2D eigenvalue weighted by Crippen LogP contribution is 2.20. The second-order valence-electron chi connectivity index (χ2n) is 5.81. The minimum atomic E-state index is -0.634. The highest BCUT2D eigenvalue weighted by Gasteiger charge is 2.16. The van der Waals surface area contributed by atoms with Crippen LogP contribution in [0, 0.1) is 6.92 Å².